The van der Waals surface area contributed by atoms with E-state index in [4.69, 9.17) is 0 Å². The summed E-state index contributed by atoms with van der Waals surface area (Å²) in [4.78, 5) is 2.23. The molecule has 2 aliphatic rings. The van der Waals surface area contributed by atoms with Gasteiger partial charge in [0.25, 0.3) is 0 Å². The molecule has 5 heteroatoms. The van der Waals surface area contributed by atoms with E-state index in [0.29, 0.717) is 6.04 Å². The van der Waals surface area contributed by atoms with Crippen LogP contribution in [0.5, 0.6) is 0 Å². The van der Waals surface area contributed by atoms with Crippen molar-refractivity contribution in [2.75, 3.05) is 13.1 Å². The van der Waals surface area contributed by atoms with Gasteiger partial charge in [-0.3, -0.25) is 4.90 Å². The molecular weight excluding hydrogens is 193 g/mol. The fourth-order valence-corrected chi connectivity index (χ4v) is 2.20. The summed E-state index contributed by atoms with van der Waals surface area (Å²) in [5.74, 6) is 0. The van der Waals surface area contributed by atoms with E-state index < -0.39 is 6.30 Å². The first-order chi connectivity index (χ1) is 6.56. The molecule has 1 aliphatic carbocycles. The molecule has 2 fully saturated rings. The molecule has 0 aromatic carbocycles. The van der Waals surface area contributed by atoms with Crippen LogP contribution >= 0.6 is 0 Å². The van der Waals surface area contributed by atoms with Crippen molar-refractivity contribution in [2.45, 2.75) is 44.1 Å². The Morgan fingerprint density at radius 2 is 1.93 bits per heavy atom. The zero-order valence-electron chi connectivity index (χ0n) is 7.98. The van der Waals surface area contributed by atoms with Gasteiger partial charge in [0, 0.05) is 18.6 Å². The van der Waals surface area contributed by atoms with Crippen LogP contribution < -0.4 is 5.32 Å². The molecule has 1 unspecified atom stereocenters. The molecule has 1 saturated heterocycles. The second kappa shape index (κ2) is 3.70. The molecule has 82 valence electrons. The lowest BCUT2D eigenvalue weighted by molar-refractivity contribution is -0.158. The summed E-state index contributed by atoms with van der Waals surface area (Å²) in [6.07, 6.45) is 0.0587. The van der Waals surface area contributed by atoms with Crippen molar-refractivity contribution in [1.29, 1.82) is 0 Å². The molecule has 1 heterocycles. The van der Waals surface area contributed by atoms with Gasteiger partial charge < -0.3 is 0 Å². The quantitative estimate of drug-likeness (QED) is 0.710. The minimum absolute atomic E-state index is 0.0556. The highest BCUT2D eigenvalue weighted by atomic mass is 19.4. The fraction of sp³-hybridized carbons (Fsp3) is 1.00. The average Bonchev–Trinajstić information content (AvgIpc) is 2.81. The molecule has 1 saturated carbocycles. The molecule has 0 aromatic heterocycles. The third kappa shape index (κ3) is 2.60. The molecule has 0 radical (unpaired) electrons. The van der Waals surface area contributed by atoms with Gasteiger partial charge >= 0.3 is 6.30 Å². The molecule has 0 bridgehead atoms. The van der Waals surface area contributed by atoms with Gasteiger partial charge in [0.15, 0.2) is 0 Å². The lowest BCUT2D eigenvalue weighted by Crippen LogP contribution is -2.44. The van der Waals surface area contributed by atoms with Crippen molar-refractivity contribution < 1.29 is 13.2 Å². The van der Waals surface area contributed by atoms with Gasteiger partial charge in [-0.15, -0.1) is 0 Å². The highest BCUT2D eigenvalue weighted by molar-refractivity contribution is 4.92. The Balaban J connectivity index is 1.78. The smallest absolute Gasteiger partial charge is 0.296 e. The van der Waals surface area contributed by atoms with Crippen LogP contribution in [0.25, 0.3) is 0 Å². The maximum Gasteiger partial charge on any atom is 0.457 e. The zero-order chi connectivity index (χ0) is 10.2. The molecule has 2 nitrogen and oxygen atoms in total. The Morgan fingerprint density at radius 1 is 1.21 bits per heavy atom. The van der Waals surface area contributed by atoms with Crippen LogP contribution in [0.3, 0.4) is 0 Å². The number of hydrogen-bond donors (Lipinski definition) is 1. The van der Waals surface area contributed by atoms with Crippen LogP contribution in [0.4, 0.5) is 13.2 Å². The van der Waals surface area contributed by atoms with Gasteiger partial charge in [-0.1, -0.05) is 0 Å². The second-order valence-corrected chi connectivity index (χ2v) is 4.14. The summed E-state index contributed by atoms with van der Waals surface area (Å²) in [5, 5.41) is 1.63. The number of rotatable bonds is 3. The molecule has 0 aromatic rings. The number of hydrogen-bond acceptors (Lipinski definition) is 2. The number of likely N-dealkylation sites (tertiary alicyclic amines) is 1. The van der Waals surface area contributed by atoms with Crippen LogP contribution in [0.2, 0.25) is 0 Å². The summed E-state index contributed by atoms with van der Waals surface area (Å²) >= 11 is 0. The topological polar surface area (TPSA) is 15.3 Å². The van der Waals surface area contributed by atoms with Gasteiger partial charge in [0.05, 0.1) is 0 Å². The lowest BCUT2D eigenvalue weighted by atomic mass is 10.2. The number of alkyl halides is 3. The standard InChI is InChI=1S/C9H15F3N2/c10-9(11,12)13-6-8-2-1-5-14(8)7-3-4-7/h7-8,13H,1-6H2. The summed E-state index contributed by atoms with van der Waals surface area (Å²) in [6, 6.07) is 0.682. The summed E-state index contributed by atoms with van der Waals surface area (Å²) < 4.78 is 35.8. The predicted octanol–water partition coefficient (Wildman–Crippen LogP) is 1.72. The minimum atomic E-state index is -4.22. The Labute approximate surface area is 81.5 Å². The molecule has 2 rings (SSSR count). The van der Waals surface area contributed by atoms with Gasteiger partial charge in [-0.05, 0) is 32.2 Å². The molecule has 1 N–H and O–H groups in total. The monoisotopic (exact) mass is 208 g/mol. The van der Waals surface area contributed by atoms with Crippen molar-refractivity contribution >= 4 is 0 Å². The van der Waals surface area contributed by atoms with Crippen LogP contribution in [0.1, 0.15) is 25.7 Å². The zero-order valence-corrected chi connectivity index (χ0v) is 7.98. The van der Waals surface area contributed by atoms with E-state index >= 15 is 0 Å². The summed E-state index contributed by atoms with van der Waals surface area (Å²) in [5.41, 5.74) is 0. The van der Waals surface area contributed by atoms with E-state index in [1.54, 1.807) is 5.32 Å². The summed E-state index contributed by atoms with van der Waals surface area (Å²) in [7, 11) is 0. The first-order valence-electron chi connectivity index (χ1n) is 5.14. The summed E-state index contributed by atoms with van der Waals surface area (Å²) in [6.45, 7) is 1.04. The van der Waals surface area contributed by atoms with Crippen molar-refractivity contribution in [1.82, 2.24) is 10.2 Å². The van der Waals surface area contributed by atoms with Crippen molar-refractivity contribution in [3.63, 3.8) is 0 Å². The molecule has 0 amide bonds. The highest BCUT2D eigenvalue weighted by Gasteiger charge is 2.38. The van der Waals surface area contributed by atoms with Crippen molar-refractivity contribution in [2.24, 2.45) is 0 Å². The van der Waals surface area contributed by atoms with E-state index in [0.717, 1.165) is 19.4 Å². The Kier molecular flexibility index (Phi) is 2.70. The van der Waals surface area contributed by atoms with Crippen LogP contribution in [-0.2, 0) is 0 Å². The van der Waals surface area contributed by atoms with E-state index in [9.17, 15) is 13.2 Å². The van der Waals surface area contributed by atoms with E-state index in [1.807, 2.05) is 0 Å². The Bertz CT molecular complexity index is 201. The minimum Gasteiger partial charge on any atom is -0.296 e. The van der Waals surface area contributed by atoms with Crippen LogP contribution in [0, 0.1) is 0 Å². The van der Waals surface area contributed by atoms with Crippen molar-refractivity contribution in [3.8, 4) is 0 Å². The Hall–Kier alpha value is -0.290. The van der Waals surface area contributed by atoms with E-state index in [1.165, 1.54) is 12.8 Å². The van der Waals surface area contributed by atoms with Gasteiger partial charge in [0.1, 0.15) is 0 Å². The Morgan fingerprint density at radius 3 is 2.50 bits per heavy atom. The lowest BCUT2D eigenvalue weighted by Gasteiger charge is -2.24. The predicted molar refractivity (Wildman–Crippen MR) is 46.8 cm³/mol. The number of nitrogens with one attached hydrogen (secondary N) is 1. The number of halogens is 3. The second-order valence-electron chi connectivity index (χ2n) is 4.14. The largest absolute Gasteiger partial charge is 0.457 e. The molecule has 14 heavy (non-hydrogen) atoms. The van der Waals surface area contributed by atoms with Gasteiger partial charge in [-0.25, -0.2) is 5.32 Å². The molecule has 0 spiro atoms. The molecule has 1 aliphatic heterocycles. The highest BCUT2D eigenvalue weighted by Crippen LogP contribution is 2.33. The van der Waals surface area contributed by atoms with Crippen LogP contribution in [0.15, 0.2) is 0 Å². The van der Waals surface area contributed by atoms with Gasteiger partial charge in [0.2, 0.25) is 0 Å². The number of nitrogens with zero attached hydrogens (tertiary/aromatic N) is 1. The van der Waals surface area contributed by atoms with E-state index in [-0.39, 0.29) is 12.6 Å². The third-order valence-electron chi connectivity index (χ3n) is 2.98. The molecule has 1 atom stereocenters. The first kappa shape index (κ1) is 10.2. The van der Waals surface area contributed by atoms with Crippen molar-refractivity contribution in [3.05, 3.63) is 0 Å². The van der Waals surface area contributed by atoms with Crippen LogP contribution in [-0.4, -0.2) is 36.4 Å². The molecular formula is C9H15F3N2. The fourth-order valence-electron chi connectivity index (χ4n) is 2.20. The maximum absolute atomic E-state index is 11.9. The van der Waals surface area contributed by atoms with Gasteiger partial charge in [-0.2, -0.15) is 13.2 Å². The normalized spacial score (nSPS) is 29.8. The first-order valence-corrected chi connectivity index (χ1v) is 5.14. The maximum atomic E-state index is 11.9. The SMILES string of the molecule is FC(F)(F)NCC1CCCN1C1CC1. The third-order valence-corrected chi connectivity index (χ3v) is 2.98. The van der Waals surface area contributed by atoms with E-state index in [2.05, 4.69) is 4.90 Å². The average molecular weight is 208 g/mol.